The number of benzene rings is 1. The molecule has 11 nitrogen and oxygen atoms in total. The van der Waals surface area contributed by atoms with Crippen LogP contribution in [0.2, 0.25) is 0 Å². The summed E-state index contributed by atoms with van der Waals surface area (Å²) in [5.74, 6) is -1.26. The second-order valence-electron chi connectivity index (χ2n) is 9.06. The van der Waals surface area contributed by atoms with Crippen LogP contribution >= 0.6 is 0 Å². The lowest BCUT2D eigenvalue weighted by molar-refractivity contribution is -0.166. The second-order valence-corrected chi connectivity index (χ2v) is 9.06. The molecule has 2 unspecified atom stereocenters. The third-order valence-corrected chi connectivity index (χ3v) is 5.63. The molecule has 0 aromatic heterocycles. The number of hydrogen-bond donors (Lipinski definition) is 1. The van der Waals surface area contributed by atoms with Crippen molar-refractivity contribution in [3.63, 3.8) is 0 Å². The van der Waals surface area contributed by atoms with Gasteiger partial charge in [-0.3, -0.25) is 9.59 Å². The van der Waals surface area contributed by atoms with Crippen LogP contribution in [0.25, 0.3) is 0 Å². The van der Waals surface area contributed by atoms with E-state index in [1.165, 1.54) is 12.1 Å². The summed E-state index contributed by atoms with van der Waals surface area (Å²) in [6.07, 6.45) is -1.96. The average Bonchev–Trinajstić information content (AvgIpc) is 2.85. The molecule has 0 fully saturated rings. The minimum atomic E-state index is -1.07. The average molecular weight is 540 g/mol. The molecule has 214 valence electrons. The first kappa shape index (κ1) is 32.7. The first-order valence-electron chi connectivity index (χ1n) is 12.9. The zero-order valence-electron chi connectivity index (χ0n) is 23.3. The van der Waals surface area contributed by atoms with Gasteiger partial charge in [-0.2, -0.15) is 0 Å². The Labute approximate surface area is 224 Å². The van der Waals surface area contributed by atoms with Gasteiger partial charge in [0, 0.05) is 6.42 Å². The Morgan fingerprint density at radius 1 is 0.763 bits per heavy atom. The van der Waals surface area contributed by atoms with Crippen molar-refractivity contribution < 1.29 is 47.6 Å². The van der Waals surface area contributed by atoms with Crippen LogP contribution in [0.1, 0.15) is 79.7 Å². The van der Waals surface area contributed by atoms with Crippen molar-refractivity contribution in [2.24, 2.45) is 5.73 Å². The van der Waals surface area contributed by atoms with Crippen LogP contribution in [-0.2, 0) is 35.0 Å². The maximum atomic E-state index is 12.6. The minimum absolute atomic E-state index is 0.0178. The number of carbonyl (C=O) groups excluding carboxylic acids is 4. The summed E-state index contributed by atoms with van der Waals surface area (Å²) in [4.78, 5) is 48.6. The molecule has 1 rings (SSSR count). The molecule has 0 aliphatic heterocycles. The van der Waals surface area contributed by atoms with Gasteiger partial charge in [0.15, 0.2) is 11.5 Å². The van der Waals surface area contributed by atoms with Gasteiger partial charge in [0.1, 0.15) is 30.5 Å². The van der Waals surface area contributed by atoms with Crippen LogP contribution in [-0.4, -0.2) is 54.7 Å². The fourth-order valence-electron chi connectivity index (χ4n) is 2.84. The number of ether oxygens (including phenoxy) is 6. The molecule has 0 saturated carbocycles. The fourth-order valence-corrected chi connectivity index (χ4v) is 2.84. The number of hydrogen-bond acceptors (Lipinski definition) is 11. The maximum Gasteiger partial charge on any atom is 0.514 e. The summed E-state index contributed by atoms with van der Waals surface area (Å²) in [5.41, 5.74) is 6.55. The molecule has 0 amide bonds. The van der Waals surface area contributed by atoms with E-state index in [4.69, 9.17) is 34.2 Å². The molecule has 2 N–H and O–H groups in total. The van der Waals surface area contributed by atoms with Crippen molar-refractivity contribution >= 4 is 24.2 Å². The second kappa shape index (κ2) is 16.5. The van der Waals surface area contributed by atoms with Crippen molar-refractivity contribution in [2.45, 2.75) is 111 Å². The van der Waals surface area contributed by atoms with Gasteiger partial charge in [-0.05, 0) is 71.1 Å². The lowest BCUT2D eigenvalue weighted by Crippen LogP contribution is -2.39. The highest BCUT2D eigenvalue weighted by molar-refractivity contribution is 5.76. The smallest absolute Gasteiger partial charge is 0.459 e. The minimum Gasteiger partial charge on any atom is -0.459 e. The maximum absolute atomic E-state index is 12.6. The van der Waals surface area contributed by atoms with E-state index < -0.39 is 36.5 Å². The molecule has 0 aliphatic rings. The fraction of sp³-hybridized carbons (Fsp3) is 0.630. The third-order valence-electron chi connectivity index (χ3n) is 5.63. The largest absolute Gasteiger partial charge is 0.514 e. The van der Waals surface area contributed by atoms with E-state index in [1.807, 2.05) is 20.8 Å². The summed E-state index contributed by atoms with van der Waals surface area (Å²) >= 11 is 0. The number of esters is 2. The summed E-state index contributed by atoms with van der Waals surface area (Å²) in [6.45, 7) is 12.2. The van der Waals surface area contributed by atoms with Gasteiger partial charge in [0.05, 0.1) is 0 Å². The van der Waals surface area contributed by atoms with E-state index in [9.17, 15) is 19.2 Å². The predicted molar refractivity (Wildman–Crippen MR) is 138 cm³/mol. The van der Waals surface area contributed by atoms with E-state index >= 15 is 0 Å². The lowest BCUT2D eigenvalue weighted by atomic mass is 10.1. The normalized spacial score (nSPS) is 14.7. The van der Waals surface area contributed by atoms with Gasteiger partial charge >= 0.3 is 24.2 Å². The Balaban J connectivity index is 2.96. The van der Waals surface area contributed by atoms with E-state index in [0.29, 0.717) is 24.8 Å². The van der Waals surface area contributed by atoms with Gasteiger partial charge in [-0.25, -0.2) is 9.59 Å². The Kier molecular flexibility index (Phi) is 14.2. The van der Waals surface area contributed by atoms with Crippen molar-refractivity contribution in [3.8, 4) is 11.5 Å². The molecule has 5 atom stereocenters. The van der Waals surface area contributed by atoms with Crippen molar-refractivity contribution in [1.29, 1.82) is 0 Å². The van der Waals surface area contributed by atoms with Gasteiger partial charge in [0.2, 0.25) is 0 Å². The van der Waals surface area contributed by atoms with Crippen LogP contribution in [0.4, 0.5) is 9.59 Å². The Bertz CT molecular complexity index is 934. The number of nitrogens with two attached hydrogens (primary N) is 1. The van der Waals surface area contributed by atoms with Crippen LogP contribution in [0, 0.1) is 0 Å². The van der Waals surface area contributed by atoms with Gasteiger partial charge < -0.3 is 34.2 Å². The highest BCUT2D eigenvalue weighted by atomic mass is 16.7. The molecule has 0 aliphatic carbocycles. The van der Waals surface area contributed by atoms with Gasteiger partial charge in [0.25, 0.3) is 0 Å². The van der Waals surface area contributed by atoms with Crippen molar-refractivity contribution in [1.82, 2.24) is 0 Å². The quantitative estimate of drug-likeness (QED) is 0.196. The SMILES string of the molecule is CCCC(=O)O[C@@H](C)[C@H](C)OC(=O)[C@@H](N)Cc1ccc(OC(=O)OC(C)CC)c(OC(=O)OC(C)CC)c1. The molecule has 11 heteroatoms. The zero-order chi connectivity index (χ0) is 28.8. The first-order valence-corrected chi connectivity index (χ1v) is 12.9. The molecule has 0 spiro atoms. The zero-order valence-corrected chi connectivity index (χ0v) is 23.3. The van der Waals surface area contributed by atoms with E-state index in [-0.39, 0.29) is 42.5 Å². The standard InChI is InChI=1S/C27H41NO10/c1-8-11-24(29)35-18(6)19(7)36-25(30)21(28)14-20-12-13-22(37-26(31)33-16(4)9-2)23(15-20)38-27(32)34-17(5)10-3/h12-13,15-19,21H,8-11,14,28H2,1-7H3/t16?,17?,18-,19-,21-/m0/s1. The number of carbonyl (C=O) groups is 4. The lowest BCUT2D eigenvalue weighted by Gasteiger charge is -2.22. The molecular weight excluding hydrogens is 498 g/mol. The highest BCUT2D eigenvalue weighted by Crippen LogP contribution is 2.30. The molecule has 38 heavy (non-hydrogen) atoms. The summed E-state index contributed by atoms with van der Waals surface area (Å²) in [7, 11) is 0. The predicted octanol–water partition coefficient (Wildman–Crippen LogP) is 4.85. The molecule has 0 heterocycles. The Hall–Kier alpha value is -3.34. The first-order chi connectivity index (χ1) is 17.9. The van der Waals surface area contributed by atoms with Crippen LogP contribution in [0.3, 0.4) is 0 Å². The number of rotatable bonds is 14. The van der Waals surface area contributed by atoms with E-state index in [2.05, 4.69) is 0 Å². The molecular formula is C27H41NO10. The molecule has 0 saturated heterocycles. The molecule has 0 radical (unpaired) electrons. The molecule has 1 aromatic rings. The van der Waals surface area contributed by atoms with Gasteiger partial charge in [-0.15, -0.1) is 0 Å². The summed E-state index contributed by atoms with van der Waals surface area (Å²) in [5, 5.41) is 0. The molecule has 0 bridgehead atoms. The summed E-state index contributed by atoms with van der Waals surface area (Å²) < 4.78 is 31.4. The topological polar surface area (TPSA) is 150 Å². The van der Waals surface area contributed by atoms with Crippen molar-refractivity contribution in [3.05, 3.63) is 23.8 Å². The van der Waals surface area contributed by atoms with E-state index in [0.717, 1.165) is 0 Å². The van der Waals surface area contributed by atoms with Crippen LogP contribution in [0.15, 0.2) is 18.2 Å². The van der Waals surface area contributed by atoms with E-state index in [1.54, 1.807) is 33.8 Å². The van der Waals surface area contributed by atoms with Crippen molar-refractivity contribution in [2.75, 3.05) is 0 Å². The Morgan fingerprint density at radius 2 is 1.29 bits per heavy atom. The molecule has 1 aromatic carbocycles. The monoisotopic (exact) mass is 539 g/mol. The van der Waals surface area contributed by atoms with Crippen LogP contribution < -0.4 is 15.2 Å². The summed E-state index contributed by atoms with van der Waals surface area (Å²) in [6, 6.07) is 3.30. The van der Waals surface area contributed by atoms with Gasteiger partial charge in [-0.1, -0.05) is 26.8 Å². The highest BCUT2D eigenvalue weighted by Gasteiger charge is 2.25. The third kappa shape index (κ3) is 11.8. The van der Waals surface area contributed by atoms with Crippen LogP contribution in [0.5, 0.6) is 11.5 Å². The Morgan fingerprint density at radius 3 is 1.82 bits per heavy atom.